The number of hydrogen-bond acceptors (Lipinski definition) is 3. The Labute approximate surface area is 125 Å². The molecular weight excluding hydrogens is 274 g/mol. The first-order valence-corrected chi connectivity index (χ1v) is 7.53. The number of methoxy groups -OCH3 is 1. The van der Waals surface area contributed by atoms with Crippen molar-refractivity contribution in [3.8, 4) is 5.75 Å². The molecule has 0 spiro atoms. The highest BCUT2D eigenvalue weighted by Crippen LogP contribution is 2.34. The summed E-state index contributed by atoms with van der Waals surface area (Å²) in [5.41, 5.74) is 1.07. The van der Waals surface area contributed by atoms with Crippen molar-refractivity contribution in [2.45, 2.75) is 32.2 Å². The molecule has 0 saturated carbocycles. The molecule has 20 heavy (non-hydrogen) atoms. The van der Waals surface area contributed by atoms with Gasteiger partial charge < -0.3 is 14.8 Å². The summed E-state index contributed by atoms with van der Waals surface area (Å²) in [7, 11) is 1.67. The molecule has 1 aromatic carbocycles. The van der Waals surface area contributed by atoms with Gasteiger partial charge >= 0.3 is 0 Å². The van der Waals surface area contributed by atoms with Crippen LogP contribution >= 0.6 is 11.6 Å². The summed E-state index contributed by atoms with van der Waals surface area (Å²) in [6, 6.07) is 5.78. The van der Waals surface area contributed by atoms with Crippen LogP contribution in [-0.2, 0) is 4.74 Å². The van der Waals surface area contributed by atoms with Gasteiger partial charge in [0, 0.05) is 10.6 Å². The lowest BCUT2D eigenvalue weighted by Crippen LogP contribution is -2.26. The van der Waals surface area contributed by atoms with Crippen LogP contribution in [0, 0.1) is 0 Å². The normalized spacial score (nSPS) is 16.2. The van der Waals surface area contributed by atoms with Crippen molar-refractivity contribution >= 4 is 11.6 Å². The van der Waals surface area contributed by atoms with Gasteiger partial charge in [-0.25, -0.2) is 0 Å². The maximum absolute atomic E-state index is 6.04. The fourth-order valence-corrected chi connectivity index (χ4v) is 2.52. The average molecular weight is 296 g/mol. The fraction of sp³-hybridized carbons (Fsp3) is 0.500. The van der Waals surface area contributed by atoms with E-state index in [9.17, 15) is 0 Å². The third-order valence-corrected chi connectivity index (χ3v) is 3.59. The van der Waals surface area contributed by atoms with E-state index in [1.807, 2.05) is 18.2 Å². The molecule has 1 aliphatic rings. The number of allylic oxidation sites excluding steroid dienone is 1. The molecule has 1 heterocycles. The molecule has 0 bridgehead atoms. The summed E-state index contributed by atoms with van der Waals surface area (Å²) in [6.07, 6.45) is 5.39. The summed E-state index contributed by atoms with van der Waals surface area (Å²) in [6.45, 7) is 3.86. The molecule has 1 N–H and O–H groups in total. The van der Waals surface area contributed by atoms with Crippen molar-refractivity contribution in [3.63, 3.8) is 0 Å². The number of benzene rings is 1. The summed E-state index contributed by atoms with van der Waals surface area (Å²) < 4.78 is 11.3. The van der Waals surface area contributed by atoms with E-state index >= 15 is 0 Å². The molecule has 0 fully saturated rings. The van der Waals surface area contributed by atoms with Gasteiger partial charge in [-0.15, -0.1) is 0 Å². The molecule has 1 atom stereocenters. The Kier molecular flexibility index (Phi) is 5.74. The smallest absolute Gasteiger partial charge is 0.125 e. The summed E-state index contributed by atoms with van der Waals surface area (Å²) in [5.74, 6) is 1.78. The van der Waals surface area contributed by atoms with Gasteiger partial charge in [0.25, 0.3) is 0 Å². The van der Waals surface area contributed by atoms with Crippen molar-refractivity contribution in [2.24, 2.45) is 0 Å². The number of nitrogens with one attached hydrogen (secondary N) is 1. The Balaban J connectivity index is 2.32. The Bertz CT molecular complexity index is 474. The largest absolute Gasteiger partial charge is 0.496 e. The minimum absolute atomic E-state index is 0.0301. The van der Waals surface area contributed by atoms with Crippen molar-refractivity contribution in [1.29, 1.82) is 0 Å². The summed E-state index contributed by atoms with van der Waals surface area (Å²) in [4.78, 5) is 0. The van der Waals surface area contributed by atoms with Crippen LogP contribution in [0.2, 0.25) is 5.02 Å². The molecule has 0 radical (unpaired) electrons. The zero-order chi connectivity index (χ0) is 14.4. The van der Waals surface area contributed by atoms with E-state index in [0.717, 1.165) is 49.5 Å². The lowest BCUT2D eigenvalue weighted by atomic mass is 10.0. The van der Waals surface area contributed by atoms with E-state index in [1.54, 1.807) is 7.11 Å². The molecule has 110 valence electrons. The van der Waals surface area contributed by atoms with Crippen LogP contribution in [0.3, 0.4) is 0 Å². The van der Waals surface area contributed by atoms with E-state index in [4.69, 9.17) is 21.1 Å². The first-order valence-electron chi connectivity index (χ1n) is 7.16. The van der Waals surface area contributed by atoms with Crippen LogP contribution in [0.25, 0.3) is 0 Å². The van der Waals surface area contributed by atoms with E-state index in [1.165, 1.54) is 0 Å². The van der Waals surface area contributed by atoms with Gasteiger partial charge in [0.1, 0.15) is 11.5 Å². The second-order valence-corrected chi connectivity index (χ2v) is 5.31. The van der Waals surface area contributed by atoms with E-state index < -0.39 is 0 Å². The fourth-order valence-electron chi connectivity index (χ4n) is 2.35. The van der Waals surface area contributed by atoms with E-state index in [2.05, 4.69) is 18.3 Å². The van der Waals surface area contributed by atoms with E-state index in [-0.39, 0.29) is 6.04 Å². The second-order valence-electron chi connectivity index (χ2n) is 4.87. The van der Waals surface area contributed by atoms with Crippen molar-refractivity contribution in [1.82, 2.24) is 5.32 Å². The first-order chi connectivity index (χ1) is 9.76. The quantitative estimate of drug-likeness (QED) is 0.857. The molecule has 1 aliphatic heterocycles. The number of hydrogen-bond donors (Lipinski definition) is 1. The van der Waals surface area contributed by atoms with Crippen molar-refractivity contribution < 1.29 is 9.47 Å². The van der Waals surface area contributed by atoms with Crippen LogP contribution in [0.4, 0.5) is 0 Å². The third kappa shape index (κ3) is 3.68. The molecule has 1 unspecified atom stereocenters. The Morgan fingerprint density at radius 2 is 2.30 bits per heavy atom. The molecular formula is C16H22ClNO2. The number of halogens is 1. The predicted molar refractivity (Wildman–Crippen MR) is 82.3 cm³/mol. The van der Waals surface area contributed by atoms with Crippen molar-refractivity contribution in [2.75, 3.05) is 20.3 Å². The maximum Gasteiger partial charge on any atom is 0.125 e. The minimum Gasteiger partial charge on any atom is -0.496 e. The molecule has 0 saturated heterocycles. The summed E-state index contributed by atoms with van der Waals surface area (Å²) >= 11 is 6.04. The van der Waals surface area contributed by atoms with Gasteiger partial charge in [-0.05, 0) is 44.0 Å². The Morgan fingerprint density at radius 1 is 1.45 bits per heavy atom. The first kappa shape index (κ1) is 15.2. The third-order valence-electron chi connectivity index (χ3n) is 3.35. The van der Waals surface area contributed by atoms with Gasteiger partial charge in [-0.1, -0.05) is 24.6 Å². The maximum atomic E-state index is 6.04. The highest BCUT2D eigenvalue weighted by atomic mass is 35.5. The topological polar surface area (TPSA) is 30.5 Å². The molecule has 1 aromatic rings. The van der Waals surface area contributed by atoms with Crippen LogP contribution in [0.5, 0.6) is 5.75 Å². The van der Waals surface area contributed by atoms with Gasteiger partial charge in [-0.2, -0.15) is 0 Å². The number of ether oxygens (including phenoxy) is 2. The zero-order valence-corrected chi connectivity index (χ0v) is 12.9. The lowest BCUT2D eigenvalue weighted by Gasteiger charge is -2.26. The zero-order valence-electron chi connectivity index (χ0n) is 12.1. The van der Waals surface area contributed by atoms with E-state index in [0.29, 0.717) is 5.02 Å². The Morgan fingerprint density at radius 3 is 2.95 bits per heavy atom. The minimum atomic E-state index is 0.0301. The Hall–Kier alpha value is -1.19. The summed E-state index contributed by atoms with van der Waals surface area (Å²) in [5, 5.41) is 4.21. The number of rotatable bonds is 6. The highest BCUT2D eigenvalue weighted by molar-refractivity contribution is 6.30. The molecule has 2 rings (SSSR count). The SMILES string of the molecule is CCCNC(C1=CCCCO1)c1ccc(Cl)cc1OC. The van der Waals surface area contributed by atoms with Gasteiger partial charge in [-0.3, -0.25) is 0 Å². The lowest BCUT2D eigenvalue weighted by molar-refractivity contribution is 0.167. The average Bonchev–Trinajstić information content (AvgIpc) is 2.49. The second kappa shape index (κ2) is 7.55. The van der Waals surface area contributed by atoms with Gasteiger partial charge in [0.05, 0.1) is 19.8 Å². The monoisotopic (exact) mass is 295 g/mol. The molecule has 4 heteroatoms. The van der Waals surface area contributed by atoms with Crippen LogP contribution in [0.1, 0.15) is 37.8 Å². The van der Waals surface area contributed by atoms with Crippen molar-refractivity contribution in [3.05, 3.63) is 40.6 Å². The van der Waals surface area contributed by atoms with Gasteiger partial charge in [0.2, 0.25) is 0 Å². The molecule has 0 amide bonds. The molecule has 3 nitrogen and oxygen atoms in total. The highest BCUT2D eigenvalue weighted by Gasteiger charge is 2.22. The standard InChI is InChI=1S/C16H22ClNO2/c1-3-9-18-16(14-6-4-5-10-20-14)13-8-7-12(17)11-15(13)19-2/h6-8,11,16,18H,3-5,9-10H2,1-2H3. The van der Waals surface area contributed by atoms with Crippen LogP contribution in [0.15, 0.2) is 30.0 Å². The predicted octanol–water partition coefficient (Wildman–Crippen LogP) is 4.08. The molecule has 0 aromatic heterocycles. The van der Waals surface area contributed by atoms with Crippen LogP contribution in [-0.4, -0.2) is 20.3 Å². The van der Waals surface area contributed by atoms with Gasteiger partial charge in [0.15, 0.2) is 0 Å². The van der Waals surface area contributed by atoms with Crippen LogP contribution < -0.4 is 10.1 Å². The molecule has 0 aliphatic carbocycles.